The van der Waals surface area contributed by atoms with Gasteiger partial charge in [-0.1, -0.05) is 18.2 Å². The fourth-order valence-corrected chi connectivity index (χ4v) is 4.11. The fraction of sp³-hybridized carbons (Fsp3) is 0.435. The van der Waals surface area contributed by atoms with Gasteiger partial charge in [0.1, 0.15) is 18.6 Å². The van der Waals surface area contributed by atoms with Gasteiger partial charge in [-0.05, 0) is 31.4 Å². The number of likely N-dealkylation sites (tertiary alicyclic amines) is 1. The number of fused-ring (bicyclic) bond motifs is 1. The first-order chi connectivity index (χ1) is 16.7. The molecule has 0 spiro atoms. The van der Waals surface area contributed by atoms with Crippen LogP contribution in [-0.4, -0.2) is 82.3 Å². The van der Waals surface area contributed by atoms with Crippen molar-refractivity contribution in [2.75, 3.05) is 19.6 Å². The number of amides is 4. The Hall–Kier alpha value is -3.93. The van der Waals surface area contributed by atoms with Crippen LogP contribution in [-0.2, 0) is 30.4 Å². The number of rotatable bonds is 10. The molecule has 2 heterocycles. The van der Waals surface area contributed by atoms with E-state index in [9.17, 15) is 24.0 Å². The molecule has 7 N–H and O–H groups in total. The first-order valence-corrected chi connectivity index (χ1v) is 11.3. The number of para-hydroxylation sites is 1. The van der Waals surface area contributed by atoms with Crippen molar-refractivity contribution in [2.24, 2.45) is 5.73 Å². The Morgan fingerprint density at radius 1 is 1.17 bits per heavy atom. The summed E-state index contributed by atoms with van der Waals surface area (Å²) in [6.07, 6.45) is 2.94. The molecule has 1 aliphatic rings. The molecule has 1 aromatic carbocycles. The van der Waals surface area contributed by atoms with E-state index < -0.39 is 54.9 Å². The van der Waals surface area contributed by atoms with Crippen LogP contribution in [0, 0.1) is 0 Å². The molecule has 12 heteroatoms. The second-order valence-electron chi connectivity index (χ2n) is 8.49. The molecule has 12 nitrogen and oxygen atoms in total. The van der Waals surface area contributed by atoms with Crippen molar-refractivity contribution in [1.82, 2.24) is 25.8 Å². The van der Waals surface area contributed by atoms with Gasteiger partial charge in [0.25, 0.3) is 0 Å². The summed E-state index contributed by atoms with van der Waals surface area (Å²) in [5, 5.41) is 17.1. The smallest absolute Gasteiger partial charge is 0.322 e. The first kappa shape index (κ1) is 25.7. The number of benzene rings is 1. The number of carbonyl (C=O) groups is 5. The highest BCUT2D eigenvalue weighted by atomic mass is 16.4. The minimum atomic E-state index is -1.22. The van der Waals surface area contributed by atoms with Gasteiger partial charge in [-0.2, -0.15) is 0 Å². The van der Waals surface area contributed by atoms with Crippen LogP contribution < -0.4 is 21.7 Å². The van der Waals surface area contributed by atoms with Crippen LogP contribution in [0.15, 0.2) is 30.5 Å². The highest BCUT2D eigenvalue weighted by molar-refractivity contribution is 5.94. The molecule has 0 aliphatic carbocycles. The maximum Gasteiger partial charge on any atom is 0.322 e. The molecule has 1 fully saturated rings. The summed E-state index contributed by atoms with van der Waals surface area (Å²) in [5.74, 6) is -3.32. The van der Waals surface area contributed by atoms with Crippen molar-refractivity contribution in [3.8, 4) is 0 Å². The van der Waals surface area contributed by atoms with Crippen molar-refractivity contribution in [3.63, 3.8) is 0 Å². The lowest BCUT2D eigenvalue weighted by molar-refractivity contribution is -0.139. The Morgan fingerprint density at radius 2 is 1.91 bits per heavy atom. The molecule has 1 saturated heterocycles. The van der Waals surface area contributed by atoms with Crippen molar-refractivity contribution in [2.45, 2.75) is 44.3 Å². The van der Waals surface area contributed by atoms with Gasteiger partial charge in [0.15, 0.2) is 0 Å². The van der Waals surface area contributed by atoms with E-state index in [1.165, 1.54) is 4.90 Å². The van der Waals surface area contributed by atoms with E-state index >= 15 is 0 Å². The predicted octanol–water partition coefficient (Wildman–Crippen LogP) is -1.15. The van der Waals surface area contributed by atoms with Crippen LogP contribution in [0.4, 0.5) is 0 Å². The van der Waals surface area contributed by atoms with Crippen LogP contribution in [0.5, 0.6) is 0 Å². The monoisotopic (exact) mass is 486 g/mol. The lowest BCUT2D eigenvalue weighted by Gasteiger charge is -2.25. The maximum absolute atomic E-state index is 12.6. The lowest BCUT2D eigenvalue weighted by Crippen LogP contribution is -2.54. The average Bonchev–Trinajstić information content (AvgIpc) is 3.47. The Labute approximate surface area is 201 Å². The molecule has 0 radical (unpaired) electrons. The quantitative estimate of drug-likeness (QED) is 0.245. The van der Waals surface area contributed by atoms with Gasteiger partial charge in [0.2, 0.25) is 23.6 Å². The van der Waals surface area contributed by atoms with Gasteiger partial charge in [0.05, 0.1) is 12.6 Å². The molecule has 0 unspecified atom stereocenters. The number of aromatic nitrogens is 1. The zero-order chi connectivity index (χ0) is 25.5. The molecule has 35 heavy (non-hydrogen) atoms. The van der Waals surface area contributed by atoms with E-state index in [2.05, 4.69) is 20.9 Å². The van der Waals surface area contributed by atoms with Crippen molar-refractivity contribution in [3.05, 3.63) is 36.0 Å². The summed E-state index contributed by atoms with van der Waals surface area (Å²) in [6.45, 7) is 0.959. The third-order valence-corrected chi connectivity index (χ3v) is 5.82. The topological polar surface area (TPSA) is 187 Å². The number of hydrogen-bond donors (Lipinski definition) is 6. The molecule has 1 aliphatic heterocycles. The van der Waals surface area contributed by atoms with E-state index in [-0.39, 0.29) is 12.3 Å². The largest absolute Gasteiger partial charge is 0.480 e. The fourth-order valence-electron chi connectivity index (χ4n) is 4.11. The Balaban J connectivity index is 1.63. The van der Waals surface area contributed by atoms with Crippen LogP contribution >= 0.6 is 0 Å². The number of aliphatic carboxylic acids is 1. The first-order valence-electron chi connectivity index (χ1n) is 11.3. The zero-order valence-corrected chi connectivity index (χ0v) is 19.4. The molecule has 3 rings (SSSR count). The Morgan fingerprint density at radius 3 is 2.63 bits per heavy atom. The number of nitrogens with one attached hydrogen (secondary N) is 4. The molecular weight excluding hydrogens is 456 g/mol. The number of nitrogens with zero attached hydrogens (tertiary/aromatic N) is 1. The third kappa shape index (κ3) is 6.57. The van der Waals surface area contributed by atoms with Crippen LogP contribution in [0.1, 0.15) is 25.3 Å². The standard InChI is InChI=1S/C23H30N6O6/c1-13(24)23(35)29-8-4-7-18(29)22(34)26-11-19(30)28-17(21(33)27-12-20(31)32)9-14-10-25-16-6-3-2-5-15(14)16/h2-3,5-6,10,13,17-18,25H,4,7-9,11-12,24H2,1H3,(H,26,34)(H,27,33)(H,28,30)(H,31,32)/t13-,17-,18-/m0/s1. The molecule has 2 aromatic rings. The van der Waals surface area contributed by atoms with Crippen molar-refractivity contribution >= 4 is 40.5 Å². The summed E-state index contributed by atoms with van der Waals surface area (Å²) >= 11 is 0. The average molecular weight is 487 g/mol. The maximum atomic E-state index is 12.6. The number of carboxylic acid groups (broad SMARTS) is 1. The summed E-state index contributed by atoms with van der Waals surface area (Å²) < 4.78 is 0. The number of nitrogens with two attached hydrogens (primary N) is 1. The van der Waals surface area contributed by atoms with Gasteiger partial charge in [-0.25, -0.2) is 0 Å². The van der Waals surface area contributed by atoms with Gasteiger partial charge >= 0.3 is 5.97 Å². The number of carbonyl (C=O) groups excluding carboxylic acids is 4. The Kier molecular flexibility index (Phi) is 8.42. The summed E-state index contributed by atoms with van der Waals surface area (Å²) in [6, 6.07) is 4.93. The third-order valence-electron chi connectivity index (χ3n) is 5.82. The SMILES string of the molecule is C[C@H](N)C(=O)N1CCC[C@H]1C(=O)NCC(=O)N[C@@H](Cc1c[nH]c2ccccc12)C(=O)NCC(=O)O. The van der Waals surface area contributed by atoms with E-state index in [0.29, 0.717) is 19.4 Å². The summed E-state index contributed by atoms with van der Waals surface area (Å²) in [4.78, 5) is 65.4. The van der Waals surface area contributed by atoms with E-state index in [1.54, 1.807) is 13.1 Å². The molecule has 3 atom stereocenters. The summed E-state index contributed by atoms with van der Waals surface area (Å²) in [7, 11) is 0. The lowest BCUT2D eigenvalue weighted by atomic mass is 10.0. The van der Waals surface area contributed by atoms with Crippen LogP contribution in [0.2, 0.25) is 0 Å². The second kappa shape index (κ2) is 11.5. The molecule has 0 saturated carbocycles. The normalized spacial score (nSPS) is 17.0. The highest BCUT2D eigenvalue weighted by Gasteiger charge is 2.35. The Bertz CT molecular complexity index is 1110. The van der Waals surface area contributed by atoms with Gasteiger partial charge in [0, 0.05) is 30.1 Å². The zero-order valence-electron chi connectivity index (χ0n) is 19.4. The van der Waals surface area contributed by atoms with Gasteiger partial charge in [-0.3, -0.25) is 24.0 Å². The van der Waals surface area contributed by atoms with Gasteiger partial charge < -0.3 is 36.7 Å². The van der Waals surface area contributed by atoms with Crippen molar-refractivity contribution in [1.29, 1.82) is 0 Å². The summed E-state index contributed by atoms with van der Waals surface area (Å²) in [5.41, 5.74) is 7.27. The number of hydrogen-bond acceptors (Lipinski definition) is 6. The van der Waals surface area contributed by atoms with E-state index in [0.717, 1.165) is 16.5 Å². The van der Waals surface area contributed by atoms with Crippen LogP contribution in [0.25, 0.3) is 10.9 Å². The van der Waals surface area contributed by atoms with Crippen molar-refractivity contribution < 1.29 is 29.1 Å². The van der Waals surface area contributed by atoms with E-state index in [4.69, 9.17) is 10.8 Å². The van der Waals surface area contributed by atoms with E-state index in [1.807, 2.05) is 24.3 Å². The molecule has 1 aromatic heterocycles. The number of aromatic amines is 1. The molecule has 0 bridgehead atoms. The minimum absolute atomic E-state index is 0.106. The minimum Gasteiger partial charge on any atom is -0.480 e. The number of carboxylic acids is 1. The molecule has 4 amide bonds. The molecular formula is C23H30N6O6. The number of H-pyrrole nitrogens is 1. The molecule has 188 valence electrons. The highest BCUT2D eigenvalue weighted by Crippen LogP contribution is 2.20. The second-order valence-corrected chi connectivity index (χ2v) is 8.49. The van der Waals surface area contributed by atoms with Gasteiger partial charge in [-0.15, -0.1) is 0 Å². The van der Waals surface area contributed by atoms with Crippen LogP contribution in [0.3, 0.4) is 0 Å². The predicted molar refractivity (Wildman–Crippen MR) is 126 cm³/mol.